The number of nitrogens with zero attached hydrogens (tertiary/aromatic N) is 1. The maximum absolute atomic E-state index is 13.1. The van der Waals surface area contributed by atoms with Gasteiger partial charge in [0.2, 0.25) is 0 Å². The first-order chi connectivity index (χ1) is 8.43. The molecule has 1 rings (SSSR count). The minimum Gasteiger partial charge on any atom is -0.480 e. The number of nitrogens with one attached hydrogen (secondary N) is 1. The molecule has 0 aliphatic rings. The molecule has 0 saturated heterocycles. The zero-order valence-corrected chi connectivity index (χ0v) is 10.9. The van der Waals surface area contributed by atoms with Gasteiger partial charge in [-0.3, -0.25) is 9.69 Å². The second-order valence-electron chi connectivity index (χ2n) is 4.46. The fourth-order valence-electron chi connectivity index (χ4n) is 1.79. The lowest BCUT2D eigenvalue weighted by Gasteiger charge is -2.21. The maximum atomic E-state index is 13.1. The lowest BCUT2D eigenvalue weighted by atomic mass is 10.1. The molecule has 2 N–H and O–H groups in total. The second-order valence-corrected chi connectivity index (χ2v) is 4.46. The molecule has 0 amide bonds. The lowest BCUT2D eigenvalue weighted by Crippen LogP contribution is -2.43. The van der Waals surface area contributed by atoms with Crippen molar-refractivity contribution < 1.29 is 14.3 Å². The van der Waals surface area contributed by atoms with E-state index in [2.05, 4.69) is 5.32 Å². The Hall–Kier alpha value is -1.46. The first-order valence-corrected chi connectivity index (χ1v) is 5.77. The largest absolute Gasteiger partial charge is 0.480 e. The van der Waals surface area contributed by atoms with Gasteiger partial charge in [-0.15, -0.1) is 0 Å². The first-order valence-electron chi connectivity index (χ1n) is 5.77. The number of halogens is 1. The summed E-state index contributed by atoms with van der Waals surface area (Å²) in [4.78, 5) is 12.8. The number of likely N-dealkylation sites (N-methyl/N-ethyl adjacent to an activating group) is 2. The molecule has 5 heteroatoms. The van der Waals surface area contributed by atoms with Crippen LogP contribution in [0.15, 0.2) is 18.2 Å². The molecule has 1 aromatic rings. The average Bonchev–Trinajstić information content (AvgIpc) is 2.30. The van der Waals surface area contributed by atoms with E-state index in [0.29, 0.717) is 18.7 Å². The van der Waals surface area contributed by atoms with Gasteiger partial charge in [0.1, 0.15) is 11.9 Å². The van der Waals surface area contributed by atoms with Crippen molar-refractivity contribution in [3.63, 3.8) is 0 Å². The fourth-order valence-corrected chi connectivity index (χ4v) is 1.79. The molecule has 0 aromatic heterocycles. The monoisotopic (exact) mass is 254 g/mol. The van der Waals surface area contributed by atoms with E-state index in [1.165, 1.54) is 6.07 Å². The Morgan fingerprint density at radius 3 is 2.72 bits per heavy atom. The summed E-state index contributed by atoms with van der Waals surface area (Å²) in [5.41, 5.74) is 1.57. The summed E-state index contributed by atoms with van der Waals surface area (Å²) in [6.45, 7) is 2.70. The molecule has 0 fully saturated rings. The van der Waals surface area contributed by atoms with E-state index in [1.54, 1.807) is 26.1 Å². The molecule has 1 aromatic carbocycles. The van der Waals surface area contributed by atoms with Gasteiger partial charge in [-0.05, 0) is 38.2 Å². The molecule has 100 valence electrons. The molecule has 0 aliphatic heterocycles. The highest BCUT2D eigenvalue weighted by atomic mass is 19.1. The number of aliphatic carboxylic acids is 1. The Labute approximate surface area is 106 Å². The van der Waals surface area contributed by atoms with Gasteiger partial charge in [-0.25, -0.2) is 4.39 Å². The van der Waals surface area contributed by atoms with Gasteiger partial charge in [0.15, 0.2) is 0 Å². The summed E-state index contributed by atoms with van der Waals surface area (Å²) in [5, 5.41) is 11.7. The highest BCUT2D eigenvalue weighted by molar-refractivity contribution is 5.73. The van der Waals surface area contributed by atoms with Gasteiger partial charge in [0.05, 0.1) is 0 Å². The Morgan fingerprint density at radius 2 is 2.22 bits per heavy atom. The van der Waals surface area contributed by atoms with Crippen molar-refractivity contribution in [2.45, 2.75) is 19.5 Å². The fraction of sp³-hybridized carbons (Fsp3) is 0.462. The molecule has 0 radical (unpaired) electrons. The Morgan fingerprint density at radius 1 is 1.56 bits per heavy atom. The third kappa shape index (κ3) is 4.09. The van der Waals surface area contributed by atoms with Crippen LogP contribution >= 0.6 is 0 Å². The van der Waals surface area contributed by atoms with Crippen LogP contribution in [0.1, 0.15) is 11.1 Å². The Balaban J connectivity index is 2.61. The van der Waals surface area contributed by atoms with Crippen LogP contribution in [0.25, 0.3) is 0 Å². The third-order valence-electron chi connectivity index (χ3n) is 2.82. The second kappa shape index (κ2) is 6.47. The Kier molecular flexibility index (Phi) is 5.25. The number of carboxylic acid groups (broad SMARTS) is 1. The van der Waals surface area contributed by atoms with E-state index < -0.39 is 12.0 Å². The van der Waals surface area contributed by atoms with Crippen molar-refractivity contribution in [2.75, 3.05) is 20.6 Å². The van der Waals surface area contributed by atoms with Crippen LogP contribution in [-0.2, 0) is 11.3 Å². The predicted octanol–water partition coefficient (Wildman–Crippen LogP) is 1.24. The summed E-state index contributed by atoms with van der Waals surface area (Å²) in [7, 11) is 3.46. The molecule has 1 atom stereocenters. The van der Waals surface area contributed by atoms with E-state index in [0.717, 1.165) is 5.56 Å². The number of benzene rings is 1. The minimum absolute atomic E-state index is 0.222. The SMILES string of the molecule is CNC(CN(C)Cc1ccc(F)c(C)c1)C(=O)O. The normalized spacial score (nSPS) is 12.7. The van der Waals surface area contributed by atoms with Crippen molar-refractivity contribution in [2.24, 2.45) is 0 Å². The van der Waals surface area contributed by atoms with Crippen molar-refractivity contribution in [3.05, 3.63) is 35.1 Å². The first kappa shape index (κ1) is 14.6. The molecule has 4 nitrogen and oxygen atoms in total. The van der Waals surface area contributed by atoms with Gasteiger partial charge in [0.25, 0.3) is 0 Å². The zero-order valence-electron chi connectivity index (χ0n) is 10.9. The number of rotatable bonds is 6. The van der Waals surface area contributed by atoms with Crippen LogP contribution in [-0.4, -0.2) is 42.7 Å². The number of aryl methyl sites for hydroxylation is 1. The van der Waals surface area contributed by atoms with Gasteiger partial charge in [0, 0.05) is 13.1 Å². The van der Waals surface area contributed by atoms with E-state index in [1.807, 2.05) is 11.9 Å². The van der Waals surface area contributed by atoms with Gasteiger partial charge in [-0.1, -0.05) is 12.1 Å². The summed E-state index contributed by atoms with van der Waals surface area (Å²) < 4.78 is 13.1. The van der Waals surface area contributed by atoms with Crippen LogP contribution in [0.2, 0.25) is 0 Å². The molecular weight excluding hydrogens is 235 g/mol. The van der Waals surface area contributed by atoms with Crippen LogP contribution in [0.4, 0.5) is 4.39 Å². The summed E-state index contributed by atoms with van der Waals surface area (Å²) in [5.74, 6) is -1.10. The summed E-state index contributed by atoms with van der Waals surface area (Å²) in [6.07, 6.45) is 0. The minimum atomic E-state index is -0.875. The lowest BCUT2D eigenvalue weighted by molar-refractivity contribution is -0.139. The Bertz CT molecular complexity index is 423. The van der Waals surface area contributed by atoms with Gasteiger partial charge >= 0.3 is 5.97 Å². The van der Waals surface area contributed by atoms with Crippen LogP contribution in [0, 0.1) is 12.7 Å². The molecule has 0 bridgehead atoms. The summed E-state index contributed by atoms with van der Waals surface area (Å²) in [6, 6.07) is 4.33. The van der Waals surface area contributed by atoms with Crippen molar-refractivity contribution in [3.8, 4) is 0 Å². The molecular formula is C13H19FN2O2. The van der Waals surface area contributed by atoms with Crippen molar-refractivity contribution >= 4 is 5.97 Å². The van der Waals surface area contributed by atoms with Crippen molar-refractivity contribution in [1.29, 1.82) is 0 Å². The predicted molar refractivity (Wildman–Crippen MR) is 68.0 cm³/mol. The zero-order chi connectivity index (χ0) is 13.7. The van der Waals surface area contributed by atoms with Crippen molar-refractivity contribution in [1.82, 2.24) is 10.2 Å². The molecule has 18 heavy (non-hydrogen) atoms. The highest BCUT2D eigenvalue weighted by Crippen LogP contribution is 2.11. The maximum Gasteiger partial charge on any atom is 0.322 e. The molecule has 0 saturated carbocycles. The number of hydrogen-bond donors (Lipinski definition) is 2. The number of carboxylic acids is 1. The van der Waals surface area contributed by atoms with Gasteiger partial charge in [-0.2, -0.15) is 0 Å². The van der Waals surface area contributed by atoms with E-state index in [-0.39, 0.29) is 5.82 Å². The quantitative estimate of drug-likeness (QED) is 0.802. The summed E-state index contributed by atoms with van der Waals surface area (Å²) >= 11 is 0. The smallest absolute Gasteiger partial charge is 0.322 e. The molecule has 0 spiro atoms. The van der Waals surface area contributed by atoms with E-state index in [4.69, 9.17) is 5.11 Å². The van der Waals surface area contributed by atoms with Gasteiger partial charge < -0.3 is 10.4 Å². The molecule has 0 aliphatic carbocycles. The standard InChI is InChI=1S/C13H19FN2O2/c1-9-6-10(4-5-11(9)14)7-16(3)8-12(15-2)13(17)18/h4-6,12,15H,7-8H2,1-3H3,(H,17,18). The molecule has 1 unspecified atom stereocenters. The van der Waals surface area contributed by atoms with E-state index in [9.17, 15) is 9.18 Å². The van der Waals surface area contributed by atoms with Crippen LogP contribution in [0.3, 0.4) is 0 Å². The van der Waals surface area contributed by atoms with E-state index >= 15 is 0 Å². The highest BCUT2D eigenvalue weighted by Gasteiger charge is 2.17. The number of carbonyl (C=O) groups is 1. The van der Waals surface area contributed by atoms with Crippen LogP contribution < -0.4 is 5.32 Å². The third-order valence-corrected chi connectivity index (χ3v) is 2.82. The topological polar surface area (TPSA) is 52.6 Å². The average molecular weight is 254 g/mol. The van der Waals surface area contributed by atoms with Crippen LogP contribution in [0.5, 0.6) is 0 Å². The molecule has 0 heterocycles. The number of hydrogen-bond acceptors (Lipinski definition) is 3.